The Hall–Kier alpha value is -1.93. The minimum absolute atomic E-state index is 0.0253. The van der Waals surface area contributed by atoms with Crippen molar-refractivity contribution in [2.24, 2.45) is 0 Å². The van der Waals surface area contributed by atoms with Crippen LogP contribution in [0.15, 0.2) is 29.2 Å². The molecule has 0 spiro atoms. The zero-order valence-corrected chi connectivity index (χ0v) is 16.0. The van der Waals surface area contributed by atoms with E-state index in [0.29, 0.717) is 0 Å². The van der Waals surface area contributed by atoms with Crippen molar-refractivity contribution in [2.45, 2.75) is 62.4 Å². The number of carboxylic acids is 1. The largest absolute Gasteiger partial charge is 0.480 e. The van der Waals surface area contributed by atoms with E-state index in [0.717, 1.165) is 32.1 Å². The third-order valence-electron chi connectivity index (χ3n) is 4.87. The third-order valence-corrected chi connectivity index (χ3v) is 6.78. The molecule has 2 rings (SSSR count). The van der Waals surface area contributed by atoms with Gasteiger partial charge in [-0.3, -0.25) is 4.79 Å². The van der Waals surface area contributed by atoms with Crippen molar-refractivity contribution < 1.29 is 23.1 Å². The highest BCUT2D eigenvalue weighted by Crippen LogP contribution is 2.26. The highest BCUT2D eigenvalue weighted by molar-refractivity contribution is 7.89. The molecule has 1 amide bonds. The maximum atomic E-state index is 12.9. The number of carboxylic acid groups (broad SMARTS) is 1. The molecule has 1 unspecified atom stereocenters. The van der Waals surface area contributed by atoms with Crippen LogP contribution in [-0.4, -0.2) is 48.8 Å². The monoisotopic (exact) mass is 382 g/mol. The van der Waals surface area contributed by atoms with Gasteiger partial charge in [0.05, 0.1) is 4.90 Å². The predicted molar refractivity (Wildman–Crippen MR) is 97.4 cm³/mol. The van der Waals surface area contributed by atoms with Gasteiger partial charge in [-0.1, -0.05) is 32.3 Å². The van der Waals surface area contributed by atoms with Crippen molar-refractivity contribution in [1.29, 1.82) is 0 Å². The van der Waals surface area contributed by atoms with Crippen LogP contribution in [0.3, 0.4) is 0 Å². The van der Waals surface area contributed by atoms with Gasteiger partial charge < -0.3 is 10.4 Å². The summed E-state index contributed by atoms with van der Waals surface area (Å²) >= 11 is 0. The molecule has 0 radical (unpaired) electrons. The Morgan fingerprint density at radius 3 is 2.50 bits per heavy atom. The Bertz CT molecular complexity index is 757. The number of carbonyl (C=O) groups excluding carboxylic acids is 1. The lowest BCUT2D eigenvalue weighted by Crippen LogP contribution is -2.40. The van der Waals surface area contributed by atoms with Gasteiger partial charge in [-0.25, -0.2) is 13.2 Å². The molecule has 26 heavy (non-hydrogen) atoms. The molecule has 8 heteroatoms. The Labute approximate surface area is 154 Å². The molecule has 0 saturated heterocycles. The standard InChI is InChI=1S/C18H26N2O5S/c1-3-16(18(22)23)19-17(21)13-8-7-11-15(12-13)26(24,25)20(2)14-9-5-4-6-10-14/h7-8,11-12,14,16H,3-6,9-10H2,1-2H3,(H,19,21)(H,22,23). The number of rotatable bonds is 7. The molecule has 1 fully saturated rings. The van der Waals surface area contributed by atoms with E-state index in [1.54, 1.807) is 14.0 Å². The summed E-state index contributed by atoms with van der Waals surface area (Å²) < 4.78 is 27.2. The van der Waals surface area contributed by atoms with Crippen LogP contribution in [0.5, 0.6) is 0 Å². The van der Waals surface area contributed by atoms with Crippen LogP contribution < -0.4 is 5.32 Å². The van der Waals surface area contributed by atoms with Crippen LogP contribution in [0.25, 0.3) is 0 Å². The van der Waals surface area contributed by atoms with Gasteiger partial charge in [0.2, 0.25) is 10.0 Å². The van der Waals surface area contributed by atoms with Gasteiger partial charge in [-0.2, -0.15) is 4.31 Å². The number of amides is 1. The molecule has 0 bridgehead atoms. The molecular formula is C18H26N2O5S. The first-order valence-corrected chi connectivity index (χ1v) is 10.3. The van der Waals surface area contributed by atoms with E-state index >= 15 is 0 Å². The van der Waals surface area contributed by atoms with Gasteiger partial charge in [-0.15, -0.1) is 0 Å². The van der Waals surface area contributed by atoms with Crippen molar-refractivity contribution >= 4 is 21.9 Å². The Morgan fingerprint density at radius 2 is 1.92 bits per heavy atom. The molecule has 0 aliphatic heterocycles. The molecule has 1 aliphatic rings. The van der Waals surface area contributed by atoms with Gasteiger partial charge in [0, 0.05) is 18.7 Å². The normalized spacial score (nSPS) is 17.0. The van der Waals surface area contributed by atoms with Crippen LogP contribution in [0.2, 0.25) is 0 Å². The first-order valence-electron chi connectivity index (χ1n) is 8.89. The van der Waals surface area contributed by atoms with Crippen molar-refractivity contribution in [3.05, 3.63) is 29.8 Å². The SMILES string of the molecule is CCC(NC(=O)c1cccc(S(=O)(=O)N(C)C2CCCCC2)c1)C(=O)O. The molecule has 0 aromatic heterocycles. The number of sulfonamides is 1. The number of hydrogen-bond donors (Lipinski definition) is 2. The number of nitrogens with zero attached hydrogens (tertiary/aromatic N) is 1. The minimum atomic E-state index is -3.71. The highest BCUT2D eigenvalue weighted by Gasteiger charge is 2.29. The number of aliphatic carboxylic acids is 1. The molecule has 7 nitrogen and oxygen atoms in total. The second kappa shape index (κ2) is 8.64. The van der Waals surface area contributed by atoms with Crippen LogP contribution in [0.4, 0.5) is 0 Å². The molecule has 1 atom stereocenters. The van der Waals surface area contributed by atoms with Gasteiger partial charge >= 0.3 is 5.97 Å². The fourth-order valence-corrected chi connectivity index (χ4v) is 4.65. The number of nitrogens with one attached hydrogen (secondary N) is 1. The number of hydrogen-bond acceptors (Lipinski definition) is 4. The molecule has 1 saturated carbocycles. The van der Waals surface area contributed by atoms with E-state index < -0.39 is 27.9 Å². The molecule has 0 heterocycles. The van der Waals surface area contributed by atoms with Crippen LogP contribution in [0.1, 0.15) is 55.8 Å². The van der Waals surface area contributed by atoms with Gasteiger partial charge in [0.15, 0.2) is 0 Å². The van der Waals surface area contributed by atoms with Crippen LogP contribution >= 0.6 is 0 Å². The maximum absolute atomic E-state index is 12.9. The Kier molecular flexibility index (Phi) is 6.77. The van der Waals surface area contributed by atoms with Gasteiger partial charge in [0.25, 0.3) is 5.91 Å². The first kappa shape index (κ1) is 20.4. The molecule has 144 valence electrons. The maximum Gasteiger partial charge on any atom is 0.326 e. The summed E-state index contributed by atoms with van der Waals surface area (Å²) in [5, 5.41) is 11.5. The van der Waals surface area contributed by atoms with E-state index in [9.17, 15) is 18.0 Å². The van der Waals surface area contributed by atoms with Crippen LogP contribution in [-0.2, 0) is 14.8 Å². The topological polar surface area (TPSA) is 104 Å². The van der Waals surface area contributed by atoms with Crippen molar-refractivity contribution in [2.75, 3.05) is 7.05 Å². The average molecular weight is 382 g/mol. The molecule has 1 aromatic rings. The van der Waals surface area contributed by atoms with Crippen molar-refractivity contribution in [3.63, 3.8) is 0 Å². The zero-order valence-electron chi connectivity index (χ0n) is 15.1. The quantitative estimate of drug-likeness (QED) is 0.753. The van der Waals surface area contributed by atoms with E-state index in [2.05, 4.69) is 5.32 Å². The fourth-order valence-electron chi connectivity index (χ4n) is 3.18. The van der Waals surface area contributed by atoms with E-state index in [1.807, 2.05) is 0 Å². The van der Waals surface area contributed by atoms with E-state index in [1.165, 1.54) is 28.6 Å². The summed E-state index contributed by atoms with van der Waals surface area (Å²) in [4.78, 5) is 23.4. The highest BCUT2D eigenvalue weighted by atomic mass is 32.2. The summed E-state index contributed by atoms with van der Waals surface area (Å²) in [6.07, 6.45) is 5.08. The Balaban J connectivity index is 2.21. The second-order valence-electron chi connectivity index (χ2n) is 6.61. The summed E-state index contributed by atoms with van der Waals surface area (Å²) in [6, 6.07) is 4.70. The first-order chi connectivity index (χ1) is 12.3. The van der Waals surface area contributed by atoms with Crippen molar-refractivity contribution in [3.8, 4) is 0 Å². The second-order valence-corrected chi connectivity index (χ2v) is 8.61. The summed E-state index contributed by atoms with van der Waals surface area (Å²) in [6.45, 7) is 1.65. The third kappa shape index (κ3) is 4.62. The lowest BCUT2D eigenvalue weighted by atomic mass is 9.96. The molecular weight excluding hydrogens is 356 g/mol. The summed E-state index contributed by atoms with van der Waals surface area (Å²) in [5.41, 5.74) is 0.128. The van der Waals surface area contributed by atoms with E-state index in [4.69, 9.17) is 5.11 Å². The minimum Gasteiger partial charge on any atom is -0.480 e. The number of benzene rings is 1. The molecule has 2 N–H and O–H groups in total. The smallest absolute Gasteiger partial charge is 0.326 e. The van der Waals surface area contributed by atoms with Crippen molar-refractivity contribution in [1.82, 2.24) is 9.62 Å². The molecule has 1 aromatic carbocycles. The number of carbonyl (C=O) groups is 2. The average Bonchev–Trinajstić information content (AvgIpc) is 2.65. The Morgan fingerprint density at radius 1 is 1.27 bits per heavy atom. The van der Waals surface area contributed by atoms with E-state index in [-0.39, 0.29) is 22.9 Å². The predicted octanol–water partition coefficient (Wildman–Crippen LogP) is 2.23. The summed E-state index contributed by atoms with van der Waals surface area (Å²) in [7, 11) is -2.13. The van der Waals surface area contributed by atoms with Gasteiger partial charge in [-0.05, 0) is 37.5 Å². The lowest BCUT2D eigenvalue weighted by Gasteiger charge is -2.30. The van der Waals surface area contributed by atoms with Crippen LogP contribution in [0, 0.1) is 0 Å². The van der Waals surface area contributed by atoms with Gasteiger partial charge in [0.1, 0.15) is 6.04 Å². The zero-order chi connectivity index (χ0) is 19.3. The summed E-state index contributed by atoms with van der Waals surface area (Å²) in [5.74, 6) is -1.72. The lowest BCUT2D eigenvalue weighted by molar-refractivity contribution is -0.139. The fraction of sp³-hybridized carbons (Fsp3) is 0.556. The molecule has 1 aliphatic carbocycles.